The van der Waals surface area contributed by atoms with Gasteiger partial charge >= 0.3 is 5.97 Å². The Hall–Kier alpha value is -1.62. The molecule has 1 fully saturated rings. The van der Waals surface area contributed by atoms with Crippen molar-refractivity contribution in [2.75, 3.05) is 31.6 Å². The summed E-state index contributed by atoms with van der Waals surface area (Å²) >= 11 is 0. The second-order valence-corrected chi connectivity index (χ2v) is 4.33. The van der Waals surface area contributed by atoms with Crippen LogP contribution in [0.25, 0.3) is 0 Å². The van der Waals surface area contributed by atoms with E-state index in [9.17, 15) is 9.18 Å². The summed E-state index contributed by atoms with van der Waals surface area (Å²) in [6.07, 6.45) is 0.307. The molecular formula is C13H17FN2O2. The summed E-state index contributed by atoms with van der Waals surface area (Å²) in [5.41, 5.74) is 0.592. The number of carbonyl (C=O) groups is 1. The van der Waals surface area contributed by atoms with Crippen molar-refractivity contribution in [3.63, 3.8) is 0 Å². The standard InChI is InChI=1S/C13H17FN2O2/c1-18-13(17)8-10-9-16(7-6-15-10)12-5-3-2-4-11(12)14/h2-5,10,15H,6-9H2,1H3. The number of benzene rings is 1. The monoisotopic (exact) mass is 252 g/mol. The maximum Gasteiger partial charge on any atom is 0.307 e. The van der Waals surface area contributed by atoms with Crippen LogP contribution >= 0.6 is 0 Å². The number of halogens is 1. The van der Waals surface area contributed by atoms with Gasteiger partial charge in [0, 0.05) is 25.7 Å². The SMILES string of the molecule is COC(=O)CC1CN(c2ccccc2F)CCN1. The van der Waals surface area contributed by atoms with Crippen molar-refractivity contribution >= 4 is 11.7 Å². The molecule has 0 spiro atoms. The first-order valence-corrected chi connectivity index (χ1v) is 6.00. The molecule has 0 aromatic heterocycles. The summed E-state index contributed by atoms with van der Waals surface area (Å²) in [5.74, 6) is -0.473. The molecule has 1 saturated heterocycles. The largest absolute Gasteiger partial charge is 0.469 e. The van der Waals surface area contributed by atoms with Gasteiger partial charge in [-0.1, -0.05) is 12.1 Å². The van der Waals surface area contributed by atoms with Gasteiger partial charge in [-0.25, -0.2) is 4.39 Å². The van der Waals surface area contributed by atoms with Gasteiger partial charge in [-0.3, -0.25) is 4.79 Å². The van der Waals surface area contributed by atoms with Gasteiger partial charge in [0.05, 0.1) is 19.2 Å². The van der Waals surface area contributed by atoms with E-state index < -0.39 is 0 Å². The van der Waals surface area contributed by atoms with Crippen molar-refractivity contribution in [3.05, 3.63) is 30.1 Å². The first-order chi connectivity index (χ1) is 8.70. The Labute approximate surface area is 106 Å². The fraction of sp³-hybridized carbons (Fsp3) is 0.462. The average Bonchev–Trinajstić information content (AvgIpc) is 2.39. The lowest BCUT2D eigenvalue weighted by Crippen LogP contribution is -2.51. The maximum atomic E-state index is 13.7. The smallest absolute Gasteiger partial charge is 0.307 e. The van der Waals surface area contributed by atoms with Crippen molar-refractivity contribution in [2.45, 2.75) is 12.5 Å². The number of nitrogens with zero attached hydrogens (tertiary/aromatic N) is 1. The molecule has 1 heterocycles. The quantitative estimate of drug-likeness (QED) is 0.820. The van der Waals surface area contributed by atoms with E-state index in [1.807, 2.05) is 11.0 Å². The van der Waals surface area contributed by atoms with E-state index in [0.29, 0.717) is 18.7 Å². The zero-order valence-corrected chi connectivity index (χ0v) is 10.4. The van der Waals surface area contributed by atoms with Crippen LogP contribution in [0.2, 0.25) is 0 Å². The van der Waals surface area contributed by atoms with Gasteiger partial charge in [0.2, 0.25) is 0 Å². The van der Waals surface area contributed by atoms with Crippen molar-refractivity contribution in [3.8, 4) is 0 Å². The van der Waals surface area contributed by atoms with Crippen LogP contribution in [0.5, 0.6) is 0 Å². The topological polar surface area (TPSA) is 41.6 Å². The molecule has 0 saturated carbocycles. The molecule has 18 heavy (non-hydrogen) atoms. The predicted molar refractivity (Wildman–Crippen MR) is 67.0 cm³/mol. The predicted octanol–water partition coefficient (Wildman–Crippen LogP) is 1.17. The van der Waals surface area contributed by atoms with Crippen LogP contribution < -0.4 is 10.2 Å². The third-order valence-corrected chi connectivity index (χ3v) is 3.09. The van der Waals surface area contributed by atoms with Crippen molar-refractivity contribution < 1.29 is 13.9 Å². The number of anilines is 1. The summed E-state index contributed by atoms with van der Waals surface area (Å²) in [5, 5.41) is 3.24. The van der Waals surface area contributed by atoms with Gasteiger partial charge in [0.25, 0.3) is 0 Å². The number of methoxy groups -OCH3 is 1. The Bertz CT molecular complexity index is 425. The molecule has 4 nitrogen and oxygen atoms in total. The van der Waals surface area contributed by atoms with Crippen LogP contribution in [0.15, 0.2) is 24.3 Å². The van der Waals surface area contributed by atoms with Crippen molar-refractivity contribution in [1.29, 1.82) is 0 Å². The van der Waals surface area contributed by atoms with Gasteiger partial charge < -0.3 is 15.0 Å². The molecule has 5 heteroatoms. The van der Waals surface area contributed by atoms with E-state index in [4.69, 9.17) is 0 Å². The molecule has 1 aliphatic heterocycles. The van der Waals surface area contributed by atoms with Gasteiger partial charge in [-0.05, 0) is 12.1 Å². The minimum atomic E-state index is -0.247. The molecule has 1 aromatic rings. The zero-order valence-electron chi connectivity index (χ0n) is 10.4. The molecule has 1 aliphatic rings. The number of ether oxygens (including phenoxy) is 1. The van der Waals surface area contributed by atoms with Gasteiger partial charge in [0.1, 0.15) is 5.82 Å². The van der Waals surface area contributed by atoms with E-state index in [1.54, 1.807) is 12.1 Å². The number of esters is 1. The first-order valence-electron chi connectivity index (χ1n) is 6.00. The Balaban J connectivity index is 2.03. The summed E-state index contributed by atoms with van der Waals surface area (Å²) in [7, 11) is 1.37. The third kappa shape index (κ3) is 2.98. The summed E-state index contributed by atoms with van der Waals surface area (Å²) in [4.78, 5) is 13.2. The lowest BCUT2D eigenvalue weighted by molar-refractivity contribution is -0.141. The molecule has 1 N–H and O–H groups in total. The van der Waals surface area contributed by atoms with Gasteiger partial charge in [0.15, 0.2) is 0 Å². The highest BCUT2D eigenvalue weighted by Crippen LogP contribution is 2.20. The number of nitrogens with one attached hydrogen (secondary N) is 1. The van der Waals surface area contributed by atoms with Crippen LogP contribution in [-0.4, -0.2) is 38.8 Å². The van der Waals surface area contributed by atoms with E-state index in [2.05, 4.69) is 10.1 Å². The normalized spacial score (nSPS) is 19.7. The fourth-order valence-corrected chi connectivity index (χ4v) is 2.17. The van der Waals surface area contributed by atoms with E-state index >= 15 is 0 Å². The molecule has 0 aliphatic carbocycles. The van der Waals surface area contributed by atoms with Crippen LogP contribution in [0, 0.1) is 5.82 Å². The van der Waals surface area contributed by atoms with Crippen LogP contribution in [0.3, 0.4) is 0 Å². The molecule has 1 unspecified atom stereocenters. The fourth-order valence-electron chi connectivity index (χ4n) is 2.17. The highest BCUT2D eigenvalue weighted by atomic mass is 19.1. The van der Waals surface area contributed by atoms with Gasteiger partial charge in [-0.2, -0.15) is 0 Å². The molecular weight excluding hydrogens is 235 g/mol. The zero-order chi connectivity index (χ0) is 13.0. The number of hydrogen-bond donors (Lipinski definition) is 1. The highest BCUT2D eigenvalue weighted by Gasteiger charge is 2.23. The maximum absolute atomic E-state index is 13.7. The minimum Gasteiger partial charge on any atom is -0.469 e. The Morgan fingerprint density at radius 3 is 3.06 bits per heavy atom. The van der Waals surface area contributed by atoms with Gasteiger partial charge in [-0.15, -0.1) is 0 Å². The number of piperazine rings is 1. The van der Waals surface area contributed by atoms with E-state index in [-0.39, 0.29) is 17.8 Å². The Morgan fingerprint density at radius 2 is 2.33 bits per heavy atom. The second-order valence-electron chi connectivity index (χ2n) is 4.33. The summed E-state index contributed by atoms with van der Waals surface area (Å²) < 4.78 is 18.3. The lowest BCUT2D eigenvalue weighted by atomic mass is 10.1. The number of carbonyl (C=O) groups excluding carboxylic acids is 1. The highest BCUT2D eigenvalue weighted by molar-refractivity contribution is 5.70. The molecule has 1 aromatic carbocycles. The van der Waals surface area contributed by atoms with Crippen molar-refractivity contribution in [2.24, 2.45) is 0 Å². The molecule has 98 valence electrons. The lowest BCUT2D eigenvalue weighted by Gasteiger charge is -2.35. The van der Waals surface area contributed by atoms with Crippen LogP contribution in [-0.2, 0) is 9.53 Å². The summed E-state index contributed by atoms with van der Waals surface area (Å²) in [6, 6.07) is 6.71. The van der Waals surface area contributed by atoms with Crippen LogP contribution in [0.1, 0.15) is 6.42 Å². The number of para-hydroxylation sites is 1. The molecule has 0 amide bonds. The van der Waals surface area contributed by atoms with Crippen molar-refractivity contribution in [1.82, 2.24) is 5.32 Å². The first kappa shape index (κ1) is 12.8. The number of rotatable bonds is 3. The Morgan fingerprint density at radius 1 is 1.56 bits per heavy atom. The Kier molecular flexibility index (Phi) is 4.15. The minimum absolute atomic E-state index is 0.00538. The molecule has 0 radical (unpaired) electrons. The van der Waals surface area contributed by atoms with E-state index in [0.717, 1.165) is 13.1 Å². The molecule has 1 atom stereocenters. The molecule has 0 bridgehead atoms. The third-order valence-electron chi connectivity index (χ3n) is 3.09. The molecule has 2 rings (SSSR count). The average molecular weight is 252 g/mol. The number of hydrogen-bond acceptors (Lipinski definition) is 4. The second kappa shape index (κ2) is 5.82. The van der Waals surface area contributed by atoms with E-state index in [1.165, 1.54) is 13.2 Å². The summed E-state index contributed by atoms with van der Waals surface area (Å²) in [6.45, 7) is 2.07. The van der Waals surface area contributed by atoms with Crippen LogP contribution in [0.4, 0.5) is 10.1 Å².